The summed E-state index contributed by atoms with van der Waals surface area (Å²) in [5, 5.41) is 3.29. The smallest absolute Gasteiger partial charge is 0.399 e. The summed E-state index contributed by atoms with van der Waals surface area (Å²) in [7, 11) is 2.13. The number of likely N-dealkylation sites (N-methyl/N-ethyl adjacent to an activating group) is 1. The highest BCUT2D eigenvalue weighted by molar-refractivity contribution is 7.17. The average molecular weight is 434 g/mol. The number of carbonyl (C=O) groups excluding carboxylic acids is 2. The minimum absolute atomic E-state index is 0.0214. The molecule has 0 aliphatic carbocycles. The molecule has 29 heavy (non-hydrogen) atoms. The van der Waals surface area contributed by atoms with Crippen molar-refractivity contribution in [2.24, 2.45) is 0 Å². The SMILES string of the molecule is CN1CCc2ccc(C(=O)N3CCC(NC(=O)Oc4ccc(Cl)s4)C3)cc2CC1. The molecular weight excluding hydrogens is 410 g/mol. The predicted octanol–water partition coefficient (Wildman–Crippen LogP) is 3.44. The molecule has 2 aromatic rings. The van der Waals surface area contributed by atoms with Crippen LogP contribution in [-0.2, 0) is 12.8 Å². The maximum Gasteiger partial charge on any atom is 0.413 e. The molecule has 0 spiro atoms. The quantitative estimate of drug-likeness (QED) is 0.805. The van der Waals surface area contributed by atoms with Crippen LogP contribution in [0.3, 0.4) is 0 Å². The molecule has 1 N–H and O–H groups in total. The zero-order chi connectivity index (χ0) is 20.4. The summed E-state index contributed by atoms with van der Waals surface area (Å²) < 4.78 is 5.80. The van der Waals surface area contributed by atoms with Crippen molar-refractivity contribution in [2.45, 2.75) is 25.3 Å². The number of halogens is 1. The Morgan fingerprint density at radius 3 is 2.69 bits per heavy atom. The second-order valence-corrected chi connectivity index (χ2v) is 9.29. The van der Waals surface area contributed by atoms with E-state index in [-0.39, 0.29) is 11.9 Å². The molecule has 2 amide bonds. The second-order valence-electron chi connectivity index (χ2n) is 7.62. The van der Waals surface area contributed by atoms with E-state index >= 15 is 0 Å². The molecule has 0 radical (unpaired) electrons. The number of nitrogens with one attached hydrogen (secondary N) is 1. The molecule has 0 saturated carbocycles. The van der Waals surface area contributed by atoms with Crippen molar-refractivity contribution < 1.29 is 14.3 Å². The molecule has 4 rings (SSSR count). The number of rotatable bonds is 3. The van der Waals surface area contributed by atoms with Crippen LogP contribution in [0, 0.1) is 0 Å². The van der Waals surface area contributed by atoms with E-state index in [4.69, 9.17) is 16.3 Å². The van der Waals surface area contributed by atoms with Crippen LogP contribution < -0.4 is 10.1 Å². The Balaban J connectivity index is 1.34. The first-order valence-corrected chi connectivity index (χ1v) is 11.0. The number of fused-ring (bicyclic) bond motifs is 1. The summed E-state index contributed by atoms with van der Waals surface area (Å²) in [6, 6.07) is 9.30. The van der Waals surface area contributed by atoms with E-state index in [0.29, 0.717) is 28.9 Å². The average Bonchev–Trinajstić information content (AvgIpc) is 3.28. The Kier molecular flexibility index (Phi) is 6.08. The van der Waals surface area contributed by atoms with E-state index in [1.54, 1.807) is 17.0 Å². The van der Waals surface area contributed by atoms with Gasteiger partial charge in [0.2, 0.25) is 0 Å². The normalized spacial score (nSPS) is 19.5. The summed E-state index contributed by atoms with van der Waals surface area (Å²) in [5.74, 6) is 0.0214. The van der Waals surface area contributed by atoms with Gasteiger partial charge in [0.1, 0.15) is 0 Å². The van der Waals surface area contributed by atoms with Gasteiger partial charge in [0.05, 0.1) is 10.4 Å². The van der Waals surface area contributed by atoms with Gasteiger partial charge in [-0.2, -0.15) is 0 Å². The molecule has 2 aliphatic rings. The van der Waals surface area contributed by atoms with E-state index < -0.39 is 6.09 Å². The predicted molar refractivity (Wildman–Crippen MR) is 114 cm³/mol. The third kappa shape index (κ3) is 4.91. The van der Waals surface area contributed by atoms with Crippen LogP contribution in [0.5, 0.6) is 5.06 Å². The van der Waals surface area contributed by atoms with Gasteiger partial charge in [0.25, 0.3) is 5.91 Å². The molecule has 1 aromatic heterocycles. The number of likely N-dealkylation sites (tertiary alicyclic amines) is 1. The summed E-state index contributed by atoms with van der Waals surface area (Å²) in [5.41, 5.74) is 3.33. The fourth-order valence-electron chi connectivity index (χ4n) is 3.86. The molecular formula is C21H24ClN3O3S. The number of thiophene rings is 1. The van der Waals surface area contributed by atoms with Gasteiger partial charge < -0.3 is 19.9 Å². The Bertz CT molecular complexity index is 916. The van der Waals surface area contributed by atoms with Crippen LogP contribution in [-0.4, -0.2) is 61.1 Å². The van der Waals surface area contributed by atoms with E-state index in [2.05, 4.69) is 23.3 Å². The standard InChI is InChI=1S/C21H24ClN3O3S/c1-24-9-6-14-2-3-16(12-15(14)7-10-24)20(26)25-11-8-17(13-25)23-21(27)28-19-5-4-18(22)29-19/h2-5,12,17H,6-11,13H2,1H3,(H,23,27). The van der Waals surface area contributed by atoms with Crippen LogP contribution in [0.25, 0.3) is 0 Å². The Hall–Kier alpha value is -2.09. The summed E-state index contributed by atoms with van der Waals surface area (Å²) in [6.45, 7) is 3.17. The lowest BCUT2D eigenvalue weighted by molar-refractivity contribution is 0.0788. The van der Waals surface area contributed by atoms with Crippen LogP contribution in [0.1, 0.15) is 27.9 Å². The van der Waals surface area contributed by atoms with Gasteiger partial charge in [-0.3, -0.25) is 4.79 Å². The number of benzene rings is 1. The minimum Gasteiger partial charge on any atom is -0.399 e. The third-order valence-electron chi connectivity index (χ3n) is 5.52. The maximum atomic E-state index is 13.0. The number of amides is 2. The zero-order valence-corrected chi connectivity index (χ0v) is 17.9. The van der Waals surface area contributed by atoms with Gasteiger partial charge in [-0.05, 0) is 61.7 Å². The number of ether oxygens (including phenoxy) is 1. The third-order valence-corrected chi connectivity index (χ3v) is 6.63. The first-order valence-electron chi connectivity index (χ1n) is 9.81. The number of hydrogen-bond acceptors (Lipinski definition) is 5. The number of nitrogens with zero attached hydrogens (tertiary/aromatic N) is 2. The fraction of sp³-hybridized carbons (Fsp3) is 0.429. The molecule has 2 aliphatic heterocycles. The molecule has 0 bridgehead atoms. The maximum absolute atomic E-state index is 13.0. The van der Waals surface area contributed by atoms with Crippen LogP contribution >= 0.6 is 22.9 Å². The topological polar surface area (TPSA) is 61.9 Å². The van der Waals surface area contributed by atoms with Gasteiger partial charge in [-0.25, -0.2) is 4.79 Å². The van der Waals surface area contributed by atoms with Crippen molar-refractivity contribution in [3.05, 3.63) is 51.4 Å². The van der Waals surface area contributed by atoms with Crippen LogP contribution in [0.4, 0.5) is 4.79 Å². The first-order chi connectivity index (χ1) is 14.0. The lowest BCUT2D eigenvalue weighted by Gasteiger charge is -2.18. The van der Waals surface area contributed by atoms with Crippen molar-refractivity contribution in [3.63, 3.8) is 0 Å². The Morgan fingerprint density at radius 1 is 1.14 bits per heavy atom. The van der Waals surface area contributed by atoms with Gasteiger partial charge in [-0.15, -0.1) is 0 Å². The van der Waals surface area contributed by atoms with E-state index in [1.165, 1.54) is 22.5 Å². The summed E-state index contributed by atoms with van der Waals surface area (Å²) in [6.07, 6.45) is 2.18. The van der Waals surface area contributed by atoms with Crippen molar-refractivity contribution in [3.8, 4) is 5.06 Å². The summed E-state index contributed by atoms with van der Waals surface area (Å²) >= 11 is 7.05. The van der Waals surface area contributed by atoms with Crippen molar-refractivity contribution in [1.82, 2.24) is 15.1 Å². The summed E-state index contributed by atoms with van der Waals surface area (Å²) in [4.78, 5) is 29.2. The van der Waals surface area contributed by atoms with Gasteiger partial charge >= 0.3 is 6.09 Å². The van der Waals surface area contributed by atoms with Crippen LogP contribution in [0.15, 0.2) is 30.3 Å². The van der Waals surface area contributed by atoms with E-state index in [0.717, 1.165) is 31.5 Å². The minimum atomic E-state index is -0.517. The Labute approximate surface area is 179 Å². The molecule has 6 nitrogen and oxygen atoms in total. The number of carbonyl (C=O) groups is 2. The molecule has 1 fully saturated rings. The van der Waals surface area contributed by atoms with E-state index in [9.17, 15) is 9.59 Å². The highest BCUT2D eigenvalue weighted by Gasteiger charge is 2.29. The second kappa shape index (κ2) is 8.73. The molecule has 1 unspecified atom stereocenters. The fourth-order valence-corrected chi connectivity index (χ4v) is 4.73. The monoisotopic (exact) mass is 433 g/mol. The molecule has 3 heterocycles. The van der Waals surface area contributed by atoms with Crippen LogP contribution in [0.2, 0.25) is 4.34 Å². The first kappa shape index (κ1) is 20.2. The molecule has 1 atom stereocenters. The van der Waals surface area contributed by atoms with Crippen molar-refractivity contribution in [1.29, 1.82) is 0 Å². The Morgan fingerprint density at radius 2 is 1.93 bits per heavy atom. The molecule has 8 heteroatoms. The van der Waals surface area contributed by atoms with Gasteiger partial charge in [0, 0.05) is 31.7 Å². The van der Waals surface area contributed by atoms with Crippen molar-refractivity contribution >= 4 is 34.9 Å². The van der Waals surface area contributed by atoms with Gasteiger partial charge in [-0.1, -0.05) is 29.0 Å². The molecule has 1 aromatic carbocycles. The molecule has 1 saturated heterocycles. The molecule has 154 valence electrons. The highest BCUT2D eigenvalue weighted by atomic mass is 35.5. The lowest BCUT2D eigenvalue weighted by Crippen LogP contribution is -2.39. The highest BCUT2D eigenvalue weighted by Crippen LogP contribution is 2.28. The largest absolute Gasteiger partial charge is 0.413 e. The van der Waals surface area contributed by atoms with Gasteiger partial charge in [0.15, 0.2) is 5.06 Å². The van der Waals surface area contributed by atoms with Crippen molar-refractivity contribution in [2.75, 3.05) is 33.2 Å². The van der Waals surface area contributed by atoms with E-state index in [1.807, 2.05) is 12.1 Å². The zero-order valence-electron chi connectivity index (χ0n) is 16.3. The lowest BCUT2D eigenvalue weighted by atomic mass is 9.99. The number of hydrogen-bond donors (Lipinski definition) is 1.